The van der Waals surface area contributed by atoms with Crippen molar-refractivity contribution in [1.29, 1.82) is 0 Å². The minimum atomic E-state index is -0.995. The molecule has 2 aromatic rings. The molecule has 2 aliphatic rings. The second-order valence-corrected chi connectivity index (χ2v) is 7.04. The highest BCUT2D eigenvalue weighted by atomic mass is 16.5. The molecular formula is C18H22N4O3. The topological polar surface area (TPSA) is 80.5 Å². The number of rotatable bonds is 3. The van der Waals surface area contributed by atoms with Crippen LogP contribution in [0.4, 0.5) is 5.82 Å². The van der Waals surface area contributed by atoms with Gasteiger partial charge in [0, 0.05) is 50.9 Å². The third-order valence-electron chi connectivity index (χ3n) is 5.54. The molecular weight excluding hydrogens is 320 g/mol. The van der Waals surface area contributed by atoms with Crippen molar-refractivity contribution in [2.45, 2.75) is 18.8 Å². The Labute approximate surface area is 146 Å². The second kappa shape index (κ2) is 6.15. The first-order valence-corrected chi connectivity index (χ1v) is 8.59. The number of aromatic carboxylic acids is 1. The molecule has 0 radical (unpaired) electrons. The summed E-state index contributed by atoms with van der Waals surface area (Å²) < 4.78 is 7.45. The van der Waals surface area contributed by atoms with Crippen LogP contribution in [0.2, 0.25) is 0 Å². The highest BCUT2D eigenvalue weighted by Crippen LogP contribution is 2.50. The van der Waals surface area contributed by atoms with E-state index in [4.69, 9.17) is 4.74 Å². The lowest BCUT2D eigenvalue weighted by Gasteiger charge is -2.37. The van der Waals surface area contributed by atoms with Gasteiger partial charge in [0.1, 0.15) is 5.82 Å². The molecule has 2 aliphatic heterocycles. The summed E-state index contributed by atoms with van der Waals surface area (Å²) >= 11 is 0. The number of hydrogen-bond acceptors (Lipinski definition) is 5. The maximum absolute atomic E-state index is 11.2. The maximum atomic E-state index is 11.2. The average Bonchev–Trinajstić information content (AvgIpc) is 3.20. The summed E-state index contributed by atoms with van der Waals surface area (Å²) in [5, 5.41) is 13.6. The van der Waals surface area contributed by atoms with E-state index in [0.29, 0.717) is 5.92 Å². The van der Waals surface area contributed by atoms with E-state index < -0.39 is 5.97 Å². The zero-order valence-corrected chi connectivity index (χ0v) is 14.3. The average molecular weight is 342 g/mol. The van der Waals surface area contributed by atoms with Gasteiger partial charge in [-0.1, -0.05) is 6.07 Å². The van der Waals surface area contributed by atoms with Gasteiger partial charge >= 0.3 is 5.97 Å². The van der Waals surface area contributed by atoms with Gasteiger partial charge < -0.3 is 14.7 Å². The first kappa shape index (κ1) is 16.1. The molecule has 0 aromatic carbocycles. The number of pyridine rings is 1. The highest BCUT2D eigenvalue weighted by molar-refractivity contribution is 5.85. The van der Waals surface area contributed by atoms with Crippen LogP contribution in [0.1, 0.15) is 34.8 Å². The summed E-state index contributed by atoms with van der Waals surface area (Å²) in [6.07, 6.45) is 6.04. The Hall–Kier alpha value is -2.41. The Morgan fingerprint density at radius 1 is 1.36 bits per heavy atom. The van der Waals surface area contributed by atoms with Crippen molar-refractivity contribution in [3.8, 4) is 0 Å². The van der Waals surface area contributed by atoms with Crippen LogP contribution >= 0.6 is 0 Å². The summed E-state index contributed by atoms with van der Waals surface area (Å²) in [5.41, 5.74) is 1.45. The minimum Gasteiger partial charge on any atom is -0.477 e. The zero-order valence-electron chi connectivity index (χ0n) is 14.3. The smallest absolute Gasteiger partial charge is 0.354 e. The first-order valence-electron chi connectivity index (χ1n) is 8.59. The number of ether oxygens (including phenoxy) is 1. The molecule has 0 aliphatic carbocycles. The van der Waals surface area contributed by atoms with E-state index in [1.165, 1.54) is 11.6 Å². The number of carboxylic acids is 1. The van der Waals surface area contributed by atoms with Crippen LogP contribution in [0.25, 0.3) is 0 Å². The van der Waals surface area contributed by atoms with Gasteiger partial charge in [0.2, 0.25) is 0 Å². The van der Waals surface area contributed by atoms with E-state index in [-0.39, 0.29) is 11.1 Å². The second-order valence-electron chi connectivity index (χ2n) is 7.04. The molecule has 4 heterocycles. The maximum Gasteiger partial charge on any atom is 0.354 e. The Morgan fingerprint density at radius 2 is 2.16 bits per heavy atom. The van der Waals surface area contributed by atoms with Crippen molar-refractivity contribution in [2.24, 2.45) is 12.5 Å². The van der Waals surface area contributed by atoms with Crippen molar-refractivity contribution in [3.05, 3.63) is 41.9 Å². The predicted molar refractivity (Wildman–Crippen MR) is 91.8 cm³/mol. The summed E-state index contributed by atoms with van der Waals surface area (Å²) in [6.45, 7) is 3.23. The van der Waals surface area contributed by atoms with Crippen LogP contribution < -0.4 is 4.90 Å². The fourth-order valence-corrected chi connectivity index (χ4v) is 4.23. The number of hydrogen-bond donors (Lipinski definition) is 1. The number of carboxylic acid groups (broad SMARTS) is 1. The fourth-order valence-electron chi connectivity index (χ4n) is 4.23. The normalized spacial score (nSPS) is 22.4. The molecule has 1 N–H and O–H groups in total. The molecule has 0 bridgehead atoms. The Balaban J connectivity index is 1.68. The van der Waals surface area contributed by atoms with Crippen LogP contribution in [0.5, 0.6) is 0 Å². The van der Waals surface area contributed by atoms with Gasteiger partial charge in [-0.15, -0.1) is 0 Å². The van der Waals surface area contributed by atoms with Crippen LogP contribution in [-0.2, 0) is 11.8 Å². The zero-order chi connectivity index (χ0) is 17.4. The third kappa shape index (κ3) is 2.89. The van der Waals surface area contributed by atoms with Crippen molar-refractivity contribution < 1.29 is 14.6 Å². The van der Waals surface area contributed by atoms with Gasteiger partial charge in [0.15, 0.2) is 5.69 Å². The van der Waals surface area contributed by atoms with E-state index in [9.17, 15) is 9.90 Å². The van der Waals surface area contributed by atoms with Crippen molar-refractivity contribution in [1.82, 2.24) is 14.8 Å². The number of anilines is 1. The molecule has 7 nitrogen and oxygen atoms in total. The highest BCUT2D eigenvalue weighted by Gasteiger charge is 2.48. The predicted octanol–water partition coefficient (Wildman–Crippen LogP) is 1.91. The Kier molecular flexibility index (Phi) is 3.95. The number of nitrogens with zero attached hydrogens (tertiary/aromatic N) is 4. The molecule has 2 aromatic heterocycles. The fraction of sp³-hybridized carbons (Fsp3) is 0.500. The summed E-state index contributed by atoms with van der Waals surface area (Å²) in [4.78, 5) is 17.8. The van der Waals surface area contributed by atoms with E-state index in [1.54, 1.807) is 6.07 Å². The molecule has 1 atom stereocenters. The van der Waals surface area contributed by atoms with Gasteiger partial charge in [0.25, 0.3) is 0 Å². The Morgan fingerprint density at radius 3 is 2.84 bits per heavy atom. The van der Waals surface area contributed by atoms with E-state index in [0.717, 1.165) is 45.0 Å². The van der Waals surface area contributed by atoms with Crippen molar-refractivity contribution in [2.75, 3.05) is 31.2 Å². The van der Waals surface area contributed by atoms with E-state index in [1.807, 2.05) is 24.0 Å². The molecule has 7 heteroatoms. The lowest BCUT2D eigenvalue weighted by molar-refractivity contribution is 0.0171. The summed E-state index contributed by atoms with van der Waals surface area (Å²) in [7, 11) is 1.94. The number of aromatic nitrogens is 3. The van der Waals surface area contributed by atoms with Gasteiger partial charge in [-0.25, -0.2) is 9.78 Å². The lowest BCUT2D eigenvalue weighted by atomic mass is 9.70. The van der Waals surface area contributed by atoms with E-state index >= 15 is 0 Å². The van der Waals surface area contributed by atoms with Gasteiger partial charge in [-0.2, -0.15) is 5.10 Å². The molecule has 2 saturated heterocycles. The lowest BCUT2D eigenvalue weighted by Crippen LogP contribution is -2.36. The van der Waals surface area contributed by atoms with Gasteiger partial charge in [-0.3, -0.25) is 4.68 Å². The quantitative estimate of drug-likeness (QED) is 0.918. The van der Waals surface area contributed by atoms with Crippen LogP contribution in [-0.4, -0.2) is 52.1 Å². The Bertz CT molecular complexity index is 782. The first-order chi connectivity index (χ1) is 12.1. The molecule has 2 fully saturated rings. The molecule has 25 heavy (non-hydrogen) atoms. The van der Waals surface area contributed by atoms with Crippen LogP contribution in [0.15, 0.2) is 30.6 Å². The standard InChI is InChI=1S/C18H22N4O3/c1-21-10-13(9-19-21)14-11-22(12-18(14)5-7-25-8-6-18)16-4-2-3-15(20-16)17(23)24/h2-4,9-10,14H,5-8,11-12H2,1H3,(H,23,24). The van der Waals surface area contributed by atoms with Crippen molar-refractivity contribution in [3.63, 3.8) is 0 Å². The molecule has 0 amide bonds. The minimum absolute atomic E-state index is 0.0864. The number of aryl methyl sites for hydroxylation is 1. The molecule has 132 valence electrons. The summed E-state index contributed by atoms with van der Waals surface area (Å²) in [6, 6.07) is 5.19. The number of carbonyl (C=O) groups is 1. The molecule has 1 spiro atoms. The largest absolute Gasteiger partial charge is 0.477 e. The molecule has 4 rings (SSSR count). The van der Waals surface area contributed by atoms with E-state index in [2.05, 4.69) is 21.2 Å². The SMILES string of the molecule is Cn1cc(C2CN(c3cccc(C(=O)O)n3)CC23CCOCC3)cn1. The third-order valence-corrected chi connectivity index (χ3v) is 5.54. The molecule has 0 saturated carbocycles. The van der Waals surface area contributed by atoms with Crippen LogP contribution in [0, 0.1) is 5.41 Å². The summed E-state index contributed by atoms with van der Waals surface area (Å²) in [5.74, 6) is 0.0863. The van der Waals surface area contributed by atoms with Gasteiger partial charge in [0.05, 0.1) is 6.20 Å². The van der Waals surface area contributed by atoms with Crippen LogP contribution in [0.3, 0.4) is 0 Å². The monoisotopic (exact) mass is 342 g/mol. The molecule has 1 unspecified atom stereocenters. The van der Waals surface area contributed by atoms with Gasteiger partial charge in [-0.05, 0) is 30.5 Å². The van der Waals surface area contributed by atoms with Crippen molar-refractivity contribution >= 4 is 11.8 Å².